The number of amides is 2. The van der Waals surface area contributed by atoms with E-state index < -0.39 is 17.2 Å². The highest BCUT2D eigenvalue weighted by Gasteiger charge is 2.47. The molecule has 1 aromatic carbocycles. The lowest BCUT2D eigenvalue weighted by atomic mass is 10.0. The van der Waals surface area contributed by atoms with E-state index in [0.717, 1.165) is 32.1 Å². The van der Waals surface area contributed by atoms with Gasteiger partial charge in [0.25, 0.3) is 6.47 Å². The third-order valence-corrected chi connectivity index (χ3v) is 5.06. The summed E-state index contributed by atoms with van der Waals surface area (Å²) in [6.45, 7) is 2.33. The Morgan fingerprint density at radius 3 is 2.38 bits per heavy atom. The van der Waals surface area contributed by atoms with Crippen molar-refractivity contribution >= 4 is 12.5 Å². The molecule has 2 amide bonds. The van der Waals surface area contributed by atoms with E-state index >= 15 is 0 Å². The Morgan fingerprint density at radius 2 is 1.90 bits per heavy atom. The molecule has 0 radical (unpaired) electrons. The topological polar surface area (TPSA) is 82.1 Å². The molecule has 1 aliphatic carbocycles. The summed E-state index contributed by atoms with van der Waals surface area (Å²) in [5.41, 5.74) is -0.166. The number of carboxylic acid groups (broad SMARTS) is 1. The first-order valence-electron chi connectivity index (χ1n) is 9.67. The molecule has 9 heteroatoms. The second-order valence-corrected chi connectivity index (χ2v) is 7.66. The van der Waals surface area contributed by atoms with Crippen LogP contribution in [0.5, 0.6) is 0 Å². The number of hydrogen-bond donors (Lipinski definition) is 2. The van der Waals surface area contributed by atoms with Crippen LogP contribution in [0.15, 0.2) is 18.2 Å². The van der Waals surface area contributed by atoms with Crippen LogP contribution in [0.1, 0.15) is 31.2 Å². The summed E-state index contributed by atoms with van der Waals surface area (Å²) in [6, 6.07) is 3.26. The van der Waals surface area contributed by atoms with Gasteiger partial charge in [0.1, 0.15) is 11.6 Å². The molecule has 162 valence electrons. The lowest BCUT2D eigenvalue weighted by Gasteiger charge is -2.29. The molecule has 7 nitrogen and oxygen atoms in total. The fourth-order valence-electron chi connectivity index (χ4n) is 3.36. The van der Waals surface area contributed by atoms with E-state index in [-0.39, 0.29) is 18.6 Å². The van der Waals surface area contributed by atoms with Crippen LogP contribution < -0.4 is 5.32 Å². The maximum Gasteiger partial charge on any atom is 0.318 e. The second-order valence-electron chi connectivity index (χ2n) is 7.66. The highest BCUT2D eigenvalue weighted by Crippen LogP contribution is 2.46. The minimum atomic E-state index is -0.660. The van der Waals surface area contributed by atoms with Crippen LogP contribution in [0.3, 0.4) is 0 Å². The SMILES string of the molecule is CN(C)CCN(CC1CCCO1)C(=O)NC1(c2cc(F)cc(F)c2)CC1.O=CO. The quantitative estimate of drug-likeness (QED) is 0.671. The Kier molecular flexibility index (Phi) is 8.33. The smallest absolute Gasteiger partial charge is 0.318 e. The summed E-state index contributed by atoms with van der Waals surface area (Å²) < 4.78 is 32.8. The maximum atomic E-state index is 13.6. The van der Waals surface area contributed by atoms with Crippen LogP contribution in [0.2, 0.25) is 0 Å². The van der Waals surface area contributed by atoms with Gasteiger partial charge in [0, 0.05) is 32.3 Å². The molecule has 1 saturated heterocycles. The van der Waals surface area contributed by atoms with E-state index in [2.05, 4.69) is 5.32 Å². The third kappa shape index (κ3) is 6.93. The molecule has 1 saturated carbocycles. The van der Waals surface area contributed by atoms with Crippen molar-refractivity contribution in [3.05, 3.63) is 35.4 Å². The molecule has 2 aliphatic rings. The van der Waals surface area contributed by atoms with Gasteiger partial charge in [-0.15, -0.1) is 0 Å². The zero-order chi connectivity index (χ0) is 21.4. The number of urea groups is 1. The zero-order valence-corrected chi connectivity index (χ0v) is 16.9. The van der Waals surface area contributed by atoms with Gasteiger partial charge in [0.15, 0.2) is 0 Å². The van der Waals surface area contributed by atoms with Crippen molar-refractivity contribution in [2.45, 2.75) is 37.3 Å². The number of likely N-dealkylation sites (N-methyl/N-ethyl adjacent to an activating group) is 1. The molecule has 0 aromatic heterocycles. The van der Waals surface area contributed by atoms with Gasteiger partial charge < -0.3 is 25.0 Å². The highest BCUT2D eigenvalue weighted by molar-refractivity contribution is 5.76. The standard InChI is InChI=1S/C19H27F2N3O2.CH2O2/c1-23(2)7-8-24(13-17-4-3-9-26-17)18(25)22-19(5-6-19)14-10-15(20)12-16(21)11-14;2-1-3/h10-12,17H,3-9,13H2,1-2H3,(H,22,25);1H,(H,2,3). The number of benzene rings is 1. The molecule has 0 bridgehead atoms. The van der Waals surface area contributed by atoms with Gasteiger partial charge in [-0.2, -0.15) is 0 Å². The molecular weight excluding hydrogens is 384 g/mol. The van der Waals surface area contributed by atoms with Crippen molar-refractivity contribution < 1.29 is 28.2 Å². The van der Waals surface area contributed by atoms with Crippen LogP contribution in [0, 0.1) is 11.6 Å². The van der Waals surface area contributed by atoms with Crippen molar-refractivity contribution in [3.8, 4) is 0 Å². The Bertz CT molecular complexity index is 672. The van der Waals surface area contributed by atoms with E-state index in [0.29, 0.717) is 31.5 Å². The number of hydrogen-bond acceptors (Lipinski definition) is 4. The van der Waals surface area contributed by atoms with Crippen LogP contribution in [0.25, 0.3) is 0 Å². The molecule has 2 fully saturated rings. The van der Waals surface area contributed by atoms with Crippen LogP contribution in [0.4, 0.5) is 13.6 Å². The van der Waals surface area contributed by atoms with Gasteiger partial charge in [0.2, 0.25) is 0 Å². The predicted octanol–water partition coefficient (Wildman–Crippen LogP) is 2.41. The van der Waals surface area contributed by atoms with E-state index in [1.54, 1.807) is 4.90 Å². The zero-order valence-electron chi connectivity index (χ0n) is 16.9. The molecule has 1 aromatic rings. The normalized spacial score (nSPS) is 19.3. The highest BCUT2D eigenvalue weighted by atomic mass is 19.1. The number of halogens is 2. The molecule has 1 atom stereocenters. The summed E-state index contributed by atoms with van der Waals surface area (Å²) in [7, 11) is 3.92. The Morgan fingerprint density at radius 1 is 1.28 bits per heavy atom. The monoisotopic (exact) mass is 413 g/mol. The fourth-order valence-corrected chi connectivity index (χ4v) is 3.36. The van der Waals surface area contributed by atoms with Crippen LogP contribution in [-0.2, 0) is 15.1 Å². The predicted molar refractivity (Wildman–Crippen MR) is 104 cm³/mol. The number of carbonyl (C=O) groups excluding carboxylic acids is 1. The lowest BCUT2D eigenvalue weighted by molar-refractivity contribution is -0.122. The lowest BCUT2D eigenvalue weighted by Crippen LogP contribution is -2.49. The molecule has 1 aliphatic heterocycles. The van der Waals surface area contributed by atoms with E-state index in [1.807, 2.05) is 19.0 Å². The first kappa shape index (κ1) is 23.0. The Labute approximate surface area is 169 Å². The fraction of sp³-hybridized carbons (Fsp3) is 0.600. The first-order chi connectivity index (χ1) is 13.8. The number of ether oxygens (including phenoxy) is 1. The summed E-state index contributed by atoms with van der Waals surface area (Å²) in [5, 5.41) is 9.90. The first-order valence-corrected chi connectivity index (χ1v) is 9.67. The molecule has 2 N–H and O–H groups in total. The van der Waals surface area contributed by atoms with E-state index in [4.69, 9.17) is 14.6 Å². The molecule has 0 spiro atoms. The number of rotatable bonds is 7. The maximum absolute atomic E-state index is 13.6. The summed E-state index contributed by atoms with van der Waals surface area (Å²) >= 11 is 0. The second kappa shape index (κ2) is 10.5. The minimum Gasteiger partial charge on any atom is -0.483 e. The largest absolute Gasteiger partial charge is 0.483 e. The molecule has 29 heavy (non-hydrogen) atoms. The van der Waals surface area contributed by atoms with Gasteiger partial charge in [0.05, 0.1) is 11.6 Å². The van der Waals surface area contributed by atoms with Gasteiger partial charge >= 0.3 is 6.03 Å². The number of nitrogens with one attached hydrogen (secondary N) is 1. The Hall–Kier alpha value is -2.26. The van der Waals surface area contributed by atoms with Gasteiger partial charge in [-0.1, -0.05) is 0 Å². The summed E-state index contributed by atoms with van der Waals surface area (Å²) in [5.74, 6) is -1.24. The average Bonchev–Trinajstić information content (AvgIpc) is 3.23. The molecule has 1 unspecified atom stereocenters. The van der Waals surface area contributed by atoms with Crippen molar-refractivity contribution in [3.63, 3.8) is 0 Å². The number of nitrogens with zero attached hydrogens (tertiary/aromatic N) is 2. The molecule has 3 rings (SSSR count). The average molecular weight is 413 g/mol. The minimum absolute atomic E-state index is 0.0599. The van der Waals surface area contributed by atoms with E-state index in [9.17, 15) is 13.6 Å². The van der Waals surface area contributed by atoms with Crippen LogP contribution >= 0.6 is 0 Å². The van der Waals surface area contributed by atoms with Gasteiger partial charge in [-0.05, 0) is 57.5 Å². The van der Waals surface area contributed by atoms with Gasteiger partial charge in [-0.3, -0.25) is 4.79 Å². The summed E-state index contributed by atoms with van der Waals surface area (Å²) in [6.07, 6.45) is 3.39. The Balaban J connectivity index is 0.000000941. The third-order valence-electron chi connectivity index (χ3n) is 5.06. The van der Waals surface area contributed by atoms with Crippen LogP contribution in [-0.4, -0.2) is 73.9 Å². The summed E-state index contributed by atoms with van der Waals surface area (Å²) in [4.78, 5) is 25.0. The number of carbonyl (C=O) groups is 2. The van der Waals surface area contributed by atoms with Crippen molar-refractivity contribution in [1.29, 1.82) is 0 Å². The van der Waals surface area contributed by atoms with Gasteiger partial charge in [-0.25, -0.2) is 13.6 Å². The van der Waals surface area contributed by atoms with Crippen molar-refractivity contribution in [2.75, 3.05) is 40.3 Å². The van der Waals surface area contributed by atoms with E-state index in [1.165, 1.54) is 12.1 Å². The molecular formula is C20H29F2N3O4. The van der Waals surface area contributed by atoms with Crippen molar-refractivity contribution in [2.24, 2.45) is 0 Å². The van der Waals surface area contributed by atoms with Crippen molar-refractivity contribution in [1.82, 2.24) is 15.1 Å². The molecule has 1 heterocycles.